The van der Waals surface area contributed by atoms with Crippen LogP contribution in [0.5, 0.6) is 0 Å². The molecule has 1 aromatic carbocycles. The van der Waals surface area contributed by atoms with Crippen LogP contribution in [0.25, 0.3) is 0 Å². The minimum atomic E-state index is -5.01. The standard InChI is InChI=1S/C11H10F6S/c1-3-6-8(18-2)5-4-7(10(12,13)14)9(6)11(15,16)17/h4-5H,3H2,1-2H3. The van der Waals surface area contributed by atoms with Gasteiger partial charge in [-0.25, -0.2) is 0 Å². The number of rotatable bonds is 2. The zero-order chi connectivity index (χ0) is 14.1. The van der Waals surface area contributed by atoms with Crippen LogP contribution in [0, 0.1) is 0 Å². The third kappa shape index (κ3) is 2.93. The molecular weight excluding hydrogens is 278 g/mol. The lowest BCUT2D eigenvalue weighted by Gasteiger charge is -2.20. The first-order valence-electron chi connectivity index (χ1n) is 4.97. The summed E-state index contributed by atoms with van der Waals surface area (Å²) in [6.45, 7) is 1.41. The fourth-order valence-corrected chi connectivity index (χ4v) is 2.43. The predicted octanol–water partition coefficient (Wildman–Crippen LogP) is 5.01. The molecular formula is C11H10F6S. The van der Waals surface area contributed by atoms with E-state index in [4.69, 9.17) is 0 Å². The number of hydrogen-bond donors (Lipinski definition) is 0. The second-order valence-electron chi connectivity index (χ2n) is 3.52. The summed E-state index contributed by atoms with van der Waals surface area (Å²) in [4.78, 5) is 0.220. The van der Waals surface area contributed by atoms with Gasteiger partial charge in [0.2, 0.25) is 0 Å². The van der Waals surface area contributed by atoms with Gasteiger partial charge < -0.3 is 0 Å². The molecule has 0 amide bonds. The fourth-order valence-electron chi connectivity index (χ4n) is 1.73. The van der Waals surface area contributed by atoms with E-state index in [0.29, 0.717) is 6.07 Å². The van der Waals surface area contributed by atoms with Gasteiger partial charge in [0.15, 0.2) is 0 Å². The molecule has 7 heteroatoms. The van der Waals surface area contributed by atoms with E-state index in [0.717, 1.165) is 17.8 Å². The summed E-state index contributed by atoms with van der Waals surface area (Å²) in [6.07, 6.45) is -8.59. The molecule has 0 unspecified atom stereocenters. The number of halogens is 6. The van der Waals surface area contributed by atoms with E-state index in [2.05, 4.69) is 0 Å². The maximum Gasteiger partial charge on any atom is 0.417 e. The molecule has 0 spiro atoms. The monoisotopic (exact) mass is 288 g/mol. The van der Waals surface area contributed by atoms with Gasteiger partial charge in [0.05, 0.1) is 11.1 Å². The molecule has 0 atom stereocenters. The van der Waals surface area contributed by atoms with Crippen molar-refractivity contribution in [2.24, 2.45) is 0 Å². The lowest BCUT2D eigenvalue weighted by molar-refractivity contribution is -0.162. The van der Waals surface area contributed by atoms with Crippen molar-refractivity contribution in [3.8, 4) is 0 Å². The van der Waals surface area contributed by atoms with Crippen LogP contribution in [0.1, 0.15) is 23.6 Å². The van der Waals surface area contributed by atoms with E-state index < -0.39 is 23.5 Å². The van der Waals surface area contributed by atoms with Gasteiger partial charge in [-0.3, -0.25) is 0 Å². The Bertz CT molecular complexity index is 432. The summed E-state index contributed by atoms with van der Waals surface area (Å²) >= 11 is 1.00. The predicted molar refractivity (Wildman–Crippen MR) is 57.6 cm³/mol. The Morgan fingerprint density at radius 3 is 1.89 bits per heavy atom. The molecule has 0 saturated carbocycles. The Balaban J connectivity index is 3.66. The van der Waals surface area contributed by atoms with Crippen LogP contribution in [0.15, 0.2) is 17.0 Å². The Labute approximate surface area is 104 Å². The number of hydrogen-bond acceptors (Lipinski definition) is 1. The summed E-state index contributed by atoms with van der Waals surface area (Å²) in [6, 6.07) is 1.58. The summed E-state index contributed by atoms with van der Waals surface area (Å²) < 4.78 is 76.4. The third-order valence-corrected chi connectivity index (χ3v) is 3.25. The van der Waals surface area contributed by atoms with E-state index in [9.17, 15) is 26.3 Å². The number of benzene rings is 1. The molecule has 1 aromatic rings. The maximum absolute atomic E-state index is 12.8. The first-order valence-corrected chi connectivity index (χ1v) is 6.19. The van der Waals surface area contributed by atoms with E-state index >= 15 is 0 Å². The minimum absolute atomic E-state index is 0.102. The zero-order valence-electron chi connectivity index (χ0n) is 9.54. The largest absolute Gasteiger partial charge is 0.417 e. The maximum atomic E-state index is 12.8. The average Bonchev–Trinajstić information content (AvgIpc) is 2.24. The van der Waals surface area contributed by atoms with Crippen molar-refractivity contribution in [1.29, 1.82) is 0 Å². The fraction of sp³-hybridized carbons (Fsp3) is 0.455. The smallest absolute Gasteiger partial charge is 0.166 e. The van der Waals surface area contributed by atoms with Gasteiger partial charge >= 0.3 is 12.4 Å². The van der Waals surface area contributed by atoms with Gasteiger partial charge in [0, 0.05) is 4.90 Å². The molecule has 0 aliphatic heterocycles. The molecule has 0 N–H and O–H groups in total. The van der Waals surface area contributed by atoms with E-state index in [-0.39, 0.29) is 16.9 Å². The molecule has 0 nitrogen and oxygen atoms in total. The van der Waals surface area contributed by atoms with E-state index in [1.54, 1.807) is 0 Å². The molecule has 0 aromatic heterocycles. The molecule has 1 rings (SSSR count). The molecule has 0 radical (unpaired) electrons. The van der Waals surface area contributed by atoms with Crippen molar-refractivity contribution in [3.63, 3.8) is 0 Å². The summed E-state index contributed by atoms with van der Waals surface area (Å²) in [5.41, 5.74) is -3.49. The summed E-state index contributed by atoms with van der Waals surface area (Å²) in [5.74, 6) is 0. The van der Waals surface area contributed by atoms with Gasteiger partial charge in [0.1, 0.15) is 0 Å². The van der Waals surface area contributed by atoms with E-state index in [1.807, 2.05) is 0 Å². The van der Waals surface area contributed by atoms with Crippen molar-refractivity contribution in [1.82, 2.24) is 0 Å². The van der Waals surface area contributed by atoms with Gasteiger partial charge in [-0.05, 0) is 30.4 Å². The molecule has 0 saturated heterocycles. The topological polar surface area (TPSA) is 0 Å². The first kappa shape index (κ1) is 15.2. The summed E-state index contributed by atoms with van der Waals surface area (Å²) in [7, 11) is 0. The Morgan fingerprint density at radius 2 is 1.56 bits per heavy atom. The van der Waals surface area contributed by atoms with Crippen molar-refractivity contribution >= 4 is 11.8 Å². The second kappa shape index (κ2) is 5.03. The van der Waals surface area contributed by atoms with Crippen molar-refractivity contribution < 1.29 is 26.3 Å². The highest BCUT2D eigenvalue weighted by Gasteiger charge is 2.44. The molecule has 102 valence electrons. The normalized spacial score (nSPS) is 12.9. The van der Waals surface area contributed by atoms with Gasteiger partial charge in [-0.1, -0.05) is 6.92 Å². The second-order valence-corrected chi connectivity index (χ2v) is 4.37. The van der Waals surface area contributed by atoms with Crippen LogP contribution in [0.4, 0.5) is 26.3 Å². The van der Waals surface area contributed by atoms with Crippen molar-refractivity contribution in [2.45, 2.75) is 30.6 Å². The molecule has 18 heavy (non-hydrogen) atoms. The third-order valence-electron chi connectivity index (χ3n) is 2.43. The highest BCUT2D eigenvalue weighted by molar-refractivity contribution is 7.98. The molecule has 0 fully saturated rings. The van der Waals surface area contributed by atoms with Crippen LogP contribution in [-0.2, 0) is 18.8 Å². The molecule has 0 aliphatic rings. The molecule has 0 aliphatic carbocycles. The first-order chi connectivity index (χ1) is 8.12. The average molecular weight is 288 g/mol. The SMILES string of the molecule is CCc1c(SC)ccc(C(F)(F)F)c1C(F)(F)F. The van der Waals surface area contributed by atoms with Crippen LogP contribution < -0.4 is 0 Å². The Morgan fingerprint density at radius 1 is 1.00 bits per heavy atom. The highest BCUT2D eigenvalue weighted by atomic mass is 32.2. The van der Waals surface area contributed by atoms with Gasteiger partial charge in [0.25, 0.3) is 0 Å². The van der Waals surface area contributed by atoms with Crippen LogP contribution in [0.2, 0.25) is 0 Å². The lowest BCUT2D eigenvalue weighted by atomic mass is 9.98. The number of thioether (sulfide) groups is 1. The summed E-state index contributed by atoms with van der Waals surface area (Å²) in [5, 5.41) is 0. The van der Waals surface area contributed by atoms with E-state index in [1.165, 1.54) is 13.2 Å². The van der Waals surface area contributed by atoms with Crippen LogP contribution >= 0.6 is 11.8 Å². The van der Waals surface area contributed by atoms with Crippen LogP contribution in [-0.4, -0.2) is 6.26 Å². The minimum Gasteiger partial charge on any atom is -0.166 e. The zero-order valence-corrected chi connectivity index (χ0v) is 10.4. The van der Waals surface area contributed by atoms with Gasteiger partial charge in [-0.2, -0.15) is 26.3 Å². The van der Waals surface area contributed by atoms with Crippen molar-refractivity contribution in [2.75, 3.05) is 6.26 Å². The lowest BCUT2D eigenvalue weighted by Crippen LogP contribution is -2.19. The molecule has 0 heterocycles. The quantitative estimate of drug-likeness (QED) is 0.544. The Hall–Kier alpha value is -0.850. The van der Waals surface area contributed by atoms with Gasteiger partial charge in [-0.15, -0.1) is 11.8 Å². The highest BCUT2D eigenvalue weighted by Crippen LogP contribution is 2.44. The van der Waals surface area contributed by atoms with Crippen molar-refractivity contribution in [3.05, 3.63) is 28.8 Å². The molecule has 0 bridgehead atoms. The number of alkyl halides is 6. The van der Waals surface area contributed by atoms with Crippen LogP contribution in [0.3, 0.4) is 0 Å². The Kier molecular flexibility index (Phi) is 4.25.